The standard InChI is InChI=1S/C19H21NO4/c1-3-20-11-16(10-18(20)21)19(22)24-12-13-4-5-15-9-17(23-2)7-6-14(15)8-13/h4-9,16H,3,10-12H2,1-2H3. The first-order chi connectivity index (χ1) is 11.6. The zero-order chi connectivity index (χ0) is 17.1. The Labute approximate surface area is 141 Å². The van der Waals surface area contributed by atoms with Gasteiger partial charge >= 0.3 is 5.97 Å². The summed E-state index contributed by atoms with van der Waals surface area (Å²) in [5, 5.41) is 2.14. The average Bonchev–Trinajstić information content (AvgIpc) is 3.00. The molecule has 1 fully saturated rings. The number of hydrogen-bond donors (Lipinski definition) is 0. The third-order valence-electron chi connectivity index (χ3n) is 4.42. The van der Waals surface area contributed by atoms with Crippen molar-refractivity contribution in [1.29, 1.82) is 0 Å². The molecule has 1 heterocycles. The predicted octanol–water partition coefficient (Wildman–Crippen LogP) is 2.76. The molecule has 0 spiro atoms. The minimum Gasteiger partial charge on any atom is -0.497 e. The molecule has 126 valence electrons. The molecule has 2 aromatic carbocycles. The third-order valence-corrected chi connectivity index (χ3v) is 4.42. The van der Waals surface area contributed by atoms with Crippen LogP contribution in [-0.4, -0.2) is 37.0 Å². The van der Waals surface area contributed by atoms with E-state index >= 15 is 0 Å². The van der Waals surface area contributed by atoms with E-state index in [1.165, 1.54) is 0 Å². The van der Waals surface area contributed by atoms with Gasteiger partial charge in [0.05, 0.1) is 13.0 Å². The Balaban J connectivity index is 1.63. The van der Waals surface area contributed by atoms with Gasteiger partial charge < -0.3 is 14.4 Å². The third kappa shape index (κ3) is 3.35. The van der Waals surface area contributed by atoms with E-state index in [4.69, 9.17) is 9.47 Å². The maximum atomic E-state index is 12.2. The van der Waals surface area contributed by atoms with Crippen LogP contribution in [0.5, 0.6) is 5.75 Å². The Morgan fingerprint density at radius 1 is 1.21 bits per heavy atom. The number of fused-ring (bicyclic) bond motifs is 1. The summed E-state index contributed by atoms with van der Waals surface area (Å²) in [5.41, 5.74) is 0.928. The first kappa shape index (κ1) is 16.3. The van der Waals surface area contributed by atoms with Crippen LogP contribution in [0, 0.1) is 5.92 Å². The summed E-state index contributed by atoms with van der Waals surface area (Å²) in [5.74, 6) is 0.198. The van der Waals surface area contributed by atoms with Crippen molar-refractivity contribution in [3.63, 3.8) is 0 Å². The van der Waals surface area contributed by atoms with Crippen LogP contribution in [0.15, 0.2) is 36.4 Å². The lowest BCUT2D eigenvalue weighted by Crippen LogP contribution is -2.26. The molecule has 24 heavy (non-hydrogen) atoms. The highest BCUT2D eigenvalue weighted by atomic mass is 16.5. The van der Waals surface area contributed by atoms with E-state index in [1.807, 2.05) is 43.3 Å². The largest absolute Gasteiger partial charge is 0.497 e. The van der Waals surface area contributed by atoms with Gasteiger partial charge in [-0.25, -0.2) is 0 Å². The summed E-state index contributed by atoms with van der Waals surface area (Å²) in [6.07, 6.45) is 0.254. The fraction of sp³-hybridized carbons (Fsp3) is 0.368. The van der Waals surface area contributed by atoms with E-state index in [2.05, 4.69) is 0 Å². The van der Waals surface area contributed by atoms with E-state index in [0.29, 0.717) is 13.1 Å². The molecule has 1 unspecified atom stereocenters. The average molecular weight is 327 g/mol. The maximum Gasteiger partial charge on any atom is 0.311 e. The molecule has 5 nitrogen and oxygen atoms in total. The van der Waals surface area contributed by atoms with E-state index < -0.39 is 0 Å². The molecule has 1 amide bonds. The minimum absolute atomic E-state index is 0.0269. The van der Waals surface area contributed by atoms with Crippen LogP contribution in [0.2, 0.25) is 0 Å². The van der Waals surface area contributed by atoms with Gasteiger partial charge in [-0.3, -0.25) is 9.59 Å². The lowest BCUT2D eigenvalue weighted by molar-refractivity contribution is -0.149. The number of carbonyl (C=O) groups is 2. The van der Waals surface area contributed by atoms with Crippen molar-refractivity contribution in [2.45, 2.75) is 20.0 Å². The van der Waals surface area contributed by atoms with Crippen LogP contribution in [0.1, 0.15) is 18.9 Å². The fourth-order valence-corrected chi connectivity index (χ4v) is 3.00. The van der Waals surface area contributed by atoms with Gasteiger partial charge in [0.1, 0.15) is 12.4 Å². The Morgan fingerprint density at radius 2 is 1.96 bits per heavy atom. The topological polar surface area (TPSA) is 55.8 Å². The Kier molecular flexibility index (Phi) is 4.69. The quantitative estimate of drug-likeness (QED) is 0.793. The van der Waals surface area contributed by atoms with Crippen molar-refractivity contribution in [1.82, 2.24) is 4.90 Å². The molecule has 1 saturated heterocycles. The van der Waals surface area contributed by atoms with Gasteiger partial charge in [0, 0.05) is 19.5 Å². The van der Waals surface area contributed by atoms with E-state index in [9.17, 15) is 9.59 Å². The highest BCUT2D eigenvalue weighted by Crippen LogP contribution is 2.23. The Bertz CT molecular complexity index is 771. The summed E-state index contributed by atoms with van der Waals surface area (Å²) in [6, 6.07) is 11.8. The molecule has 0 aromatic heterocycles. The number of nitrogens with zero attached hydrogens (tertiary/aromatic N) is 1. The fourth-order valence-electron chi connectivity index (χ4n) is 3.00. The molecule has 1 aliphatic rings. The van der Waals surface area contributed by atoms with Gasteiger partial charge in [-0.15, -0.1) is 0 Å². The molecular formula is C19H21NO4. The zero-order valence-corrected chi connectivity index (χ0v) is 14.0. The van der Waals surface area contributed by atoms with Crippen LogP contribution < -0.4 is 4.74 Å². The monoisotopic (exact) mass is 327 g/mol. The molecule has 5 heteroatoms. The van der Waals surface area contributed by atoms with Crippen molar-refractivity contribution >= 4 is 22.6 Å². The number of esters is 1. The van der Waals surface area contributed by atoms with Crippen molar-refractivity contribution in [2.75, 3.05) is 20.2 Å². The van der Waals surface area contributed by atoms with Crippen molar-refractivity contribution < 1.29 is 19.1 Å². The van der Waals surface area contributed by atoms with Crippen LogP contribution in [0.25, 0.3) is 10.8 Å². The number of methoxy groups -OCH3 is 1. The first-order valence-electron chi connectivity index (χ1n) is 8.11. The number of hydrogen-bond acceptors (Lipinski definition) is 4. The molecule has 0 aliphatic carbocycles. The second kappa shape index (κ2) is 6.91. The number of carbonyl (C=O) groups excluding carboxylic acids is 2. The van der Waals surface area contributed by atoms with Crippen LogP contribution in [-0.2, 0) is 20.9 Å². The van der Waals surface area contributed by atoms with E-state index in [1.54, 1.807) is 12.0 Å². The van der Waals surface area contributed by atoms with Gasteiger partial charge in [-0.1, -0.05) is 18.2 Å². The minimum atomic E-state index is -0.345. The van der Waals surface area contributed by atoms with Gasteiger partial charge in [-0.05, 0) is 41.5 Å². The normalized spacial score (nSPS) is 17.3. The predicted molar refractivity (Wildman–Crippen MR) is 90.7 cm³/mol. The molecule has 3 rings (SSSR count). The lowest BCUT2D eigenvalue weighted by atomic mass is 10.1. The summed E-state index contributed by atoms with van der Waals surface area (Å²) in [4.78, 5) is 25.5. The van der Waals surface area contributed by atoms with Crippen LogP contribution >= 0.6 is 0 Å². The summed E-state index contributed by atoms with van der Waals surface area (Å²) in [6.45, 7) is 3.23. The molecule has 0 radical (unpaired) electrons. The number of rotatable bonds is 5. The number of likely N-dealkylation sites (tertiary alicyclic amines) is 1. The summed E-state index contributed by atoms with van der Waals surface area (Å²) >= 11 is 0. The van der Waals surface area contributed by atoms with Crippen molar-refractivity contribution in [2.24, 2.45) is 5.92 Å². The maximum absolute atomic E-state index is 12.2. The Hall–Kier alpha value is -2.56. The molecule has 0 saturated carbocycles. The second-order valence-electron chi connectivity index (χ2n) is 5.99. The molecule has 0 N–H and O–H groups in total. The lowest BCUT2D eigenvalue weighted by Gasteiger charge is -2.13. The van der Waals surface area contributed by atoms with Crippen LogP contribution in [0.4, 0.5) is 0 Å². The number of benzene rings is 2. The molecular weight excluding hydrogens is 306 g/mol. The van der Waals surface area contributed by atoms with E-state index in [0.717, 1.165) is 22.1 Å². The van der Waals surface area contributed by atoms with E-state index in [-0.39, 0.29) is 30.8 Å². The first-order valence-corrected chi connectivity index (χ1v) is 8.11. The number of ether oxygens (including phenoxy) is 2. The molecule has 1 atom stereocenters. The van der Waals surface area contributed by atoms with Crippen molar-refractivity contribution in [3.05, 3.63) is 42.0 Å². The van der Waals surface area contributed by atoms with Crippen LogP contribution in [0.3, 0.4) is 0 Å². The SMILES string of the molecule is CCN1CC(C(=O)OCc2ccc3cc(OC)ccc3c2)CC1=O. The highest BCUT2D eigenvalue weighted by Gasteiger charge is 2.34. The smallest absolute Gasteiger partial charge is 0.311 e. The molecule has 1 aliphatic heterocycles. The van der Waals surface area contributed by atoms with Crippen molar-refractivity contribution in [3.8, 4) is 5.75 Å². The summed E-state index contributed by atoms with van der Waals surface area (Å²) in [7, 11) is 1.64. The number of amides is 1. The molecule has 0 bridgehead atoms. The second-order valence-corrected chi connectivity index (χ2v) is 5.99. The summed E-state index contributed by atoms with van der Waals surface area (Å²) < 4.78 is 10.6. The Morgan fingerprint density at radius 3 is 2.67 bits per heavy atom. The zero-order valence-electron chi connectivity index (χ0n) is 14.0. The highest BCUT2D eigenvalue weighted by molar-refractivity contribution is 5.87. The van der Waals surface area contributed by atoms with Gasteiger partial charge in [0.2, 0.25) is 5.91 Å². The van der Waals surface area contributed by atoms with Gasteiger partial charge in [-0.2, -0.15) is 0 Å². The van der Waals surface area contributed by atoms with Gasteiger partial charge in [0.25, 0.3) is 0 Å². The van der Waals surface area contributed by atoms with Gasteiger partial charge in [0.15, 0.2) is 0 Å². The molecule has 2 aromatic rings.